The molecule has 4 heteroatoms. The van der Waals surface area contributed by atoms with E-state index in [2.05, 4.69) is 0 Å². The Morgan fingerprint density at radius 1 is 0.667 bits per heavy atom. The Morgan fingerprint density at radius 2 is 0.917 bits per heavy atom. The van der Waals surface area contributed by atoms with E-state index in [1.807, 2.05) is 13.8 Å². The minimum absolute atomic E-state index is 0.0463. The normalized spacial score (nSPS) is 25.5. The molecule has 0 N–H and O–H groups in total. The average Bonchev–Trinajstić information content (AvgIpc) is 2.63. The summed E-state index contributed by atoms with van der Waals surface area (Å²) in [7, 11) is 0. The molecular weight excluding hydrogens is 160 g/mol. The van der Waals surface area contributed by atoms with Crippen LogP contribution in [-0.2, 0) is 18.9 Å². The van der Waals surface area contributed by atoms with Crippen LogP contribution in [0.4, 0.5) is 0 Å². The van der Waals surface area contributed by atoms with Crippen molar-refractivity contribution in [2.24, 2.45) is 0 Å². The molecule has 4 nitrogen and oxygen atoms in total. The van der Waals surface area contributed by atoms with Gasteiger partial charge in [0.2, 0.25) is 0 Å². The van der Waals surface area contributed by atoms with Gasteiger partial charge in [-0.2, -0.15) is 0 Å². The molecule has 2 fully saturated rings. The molecule has 12 heavy (non-hydrogen) atoms. The zero-order valence-electron chi connectivity index (χ0n) is 7.62. The molecule has 2 aliphatic rings. The second-order valence-corrected chi connectivity index (χ2v) is 2.62. The predicted octanol–water partition coefficient (Wildman–Crippen LogP) is 0.758. The van der Waals surface area contributed by atoms with Crippen LogP contribution in [0.25, 0.3) is 0 Å². The number of ether oxygens (including phenoxy) is 4. The smallest absolute Gasteiger partial charge is 0.155 e. The molecule has 0 spiro atoms. The summed E-state index contributed by atoms with van der Waals surface area (Å²) < 4.78 is 19.7. The predicted molar refractivity (Wildman–Crippen MR) is 42.7 cm³/mol. The maximum atomic E-state index is 4.93. The third-order valence-electron chi connectivity index (χ3n) is 1.58. The summed E-state index contributed by atoms with van der Waals surface area (Å²) in [6.07, 6.45) is 0.0926. The van der Waals surface area contributed by atoms with E-state index in [-0.39, 0.29) is 12.6 Å². The maximum absolute atomic E-state index is 4.93. The average molecular weight is 176 g/mol. The van der Waals surface area contributed by atoms with Gasteiger partial charge in [-0.15, -0.1) is 0 Å². The van der Waals surface area contributed by atoms with Crippen molar-refractivity contribution in [1.82, 2.24) is 0 Å². The number of hydrogen-bond donors (Lipinski definition) is 0. The lowest BCUT2D eigenvalue weighted by Gasteiger charge is -1.94. The first-order chi connectivity index (χ1) is 5.79. The Bertz CT molecular complexity index is 91.6. The van der Waals surface area contributed by atoms with Gasteiger partial charge in [0, 0.05) is 0 Å². The van der Waals surface area contributed by atoms with E-state index in [9.17, 15) is 0 Å². The van der Waals surface area contributed by atoms with Gasteiger partial charge in [-0.25, -0.2) is 0 Å². The molecule has 0 aromatic carbocycles. The van der Waals surface area contributed by atoms with E-state index in [1.54, 1.807) is 0 Å². The van der Waals surface area contributed by atoms with Crippen molar-refractivity contribution >= 4 is 0 Å². The second-order valence-electron chi connectivity index (χ2n) is 2.62. The van der Waals surface area contributed by atoms with E-state index in [0.717, 1.165) is 26.4 Å². The lowest BCUT2D eigenvalue weighted by Crippen LogP contribution is -1.97. The molecule has 2 aliphatic heterocycles. The molecule has 0 aliphatic carbocycles. The van der Waals surface area contributed by atoms with Gasteiger partial charge in [-0.05, 0) is 13.8 Å². The molecule has 0 bridgehead atoms. The van der Waals surface area contributed by atoms with Crippen molar-refractivity contribution < 1.29 is 18.9 Å². The highest BCUT2D eigenvalue weighted by molar-refractivity contribution is 4.40. The van der Waals surface area contributed by atoms with E-state index in [4.69, 9.17) is 18.9 Å². The van der Waals surface area contributed by atoms with Crippen molar-refractivity contribution in [3.8, 4) is 0 Å². The van der Waals surface area contributed by atoms with Crippen molar-refractivity contribution in [3.63, 3.8) is 0 Å². The van der Waals surface area contributed by atoms with Gasteiger partial charge in [0.05, 0.1) is 26.4 Å². The second kappa shape index (κ2) is 5.48. The molecule has 0 amide bonds. The summed E-state index contributed by atoms with van der Waals surface area (Å²) in [5.74, 6) is 0. The van der Waals surface area contributed by atoms with Gasteiger partial charge in [-0.1, -0.05) is 0 Å². The Kier molecular flexibility index (Phi) is 4.53. The molecule has 2 rings (SSSR count). The molecule has 0 radical (unpaired) electrons. The summed E-state index contributed by atoms with van der Waals surface area (Å²) in [5, 5.41) is 0. The third-order valence-corrected chi connectivity index (χ3v) is 1.58. The van der Waals surface area contributed by atoms with E-state index in [1.165, 1.54) is 0 Å². The van der Waals surface area contributed by atoms with Gasteiger partial charge in [0.15, 0.2) is 12.6 Å². The van der Waals surface area contributed by atoms with Crippen molar-refractivity contribution in [2.45, 2.75) is 26.4 Å². The Labute approximate surface area is 72.7 Å². The fraction of sp³-hybridized carbons (Fsp3) is 1.00. The highest BCUT2D eigenvalue weighted by Crippen LogP contribution is 1.99. The van der Waals surface area contributed by atoms with Crippen molar-refractivity contribution in [3.05, 3.63) is 0 Å². The summed E-state index contributed by atoms with van der Waals surface area (Å²) in [5.41, 5.74) is 0. The van der Waals surface area contributed by atoms with E-state index >= 15 is 0 Å². The fourth-order valence-corrected chi connectivity index (χ4v) is 0.953. The van der Waals surface area contributed by atoms with Crippen LogP contribution in [0.15, 0.2) is 0 Å². The molecule has 0 unspecified atom stereocenters. The topological polar surface area (TPSA) is 36.9 Å². The van der Waals surface area contributed by atoms with Crippen LogP contribution in [0.5, 0.6) is 0 Å². The SMILES string of the molecule is CC1OCCO1.CC1OCCO1. The lowest BCUT2D eigenvalue weighted by molar-refractivity contribution is -0.0257. The first-order valence-electron chi connectivity index (χ1n) is 4.25. The summed E-state index contributed by atoms with van der Waals surface area (Å²) in [6, 6.07) is 0. The standard InChI is InChI=1S/2C4H8O2/c2*1-4-5-2-3-6-4/h2*4H,2-3H2,1H3. The van der Waals surface area contributed by atoms with Gasteiger partial charge >= 0.3 is 0 Å². The zero-order chi connectivity index (χ0) is 8.81. The molecule has 0 aromatic rings. The molecule has 2 heterocycles. The van der Waals surface area contributed by atoms with Gasteiger partial charge in [-0.3, -0.25) is 0 Å². The molecule has 0 atom stereocenters. The quantitative estimate of drug-likeness (QED) is 0.546. The molecule has 2 saturated heterocycles. The van der Waals surface area contributed by atoms with Crippen LogP contribution in [0.1, 0.15) is 13.8 Å². The van der Waals surface area contributed by atoms with Crippen LogP contribution in [0, 0.1) is 0 Å². The molecule has 72 valence electrons. The fourth-order valence-electron chi connectivity index (χ4n) is 0.953. The Morgan fingerprint density at radius 3 is 1.00 bits per heavy atom. The zero-order valence-corrected chi connectivity index (χ0v) is 7.62. The minimum Gasteiger partial charge on any atom is -0.351 e. The van der Waals surface area contributed by atoms with Gasteiger partial charge in [0.25, 0.3) is 0 Å². The van der Waals surface area contributed by atoms with Crippen LogP contribution >= 0.6 is 0 Å². The number of hydrogen-bond acceptors (Lipinski definition) is 4. The largest absolute Gasteiger partial charge is 0.351 e. The highest BCUT2D eigenvalue weighted by Gasteiger charge is 2.07. The third kappa shape index (κ3) is 4.01. The molecule has 0 saturated carbocycles. The Balaban J connectivity index is 0.000000120. The minimum atomic E-state index is 0.0463. The van der Waals surface area contributed by atoms with Crippen molar-refractivity contribution in [2.75, 3.05) is 26.4 Å². The van der Waals surface area contributed by atoms with Crippen LogP contribution < -0.4 is 0 Å². The van der Waals surface area contributed by atoms with E-state index < -0.39 is 0 Å². The van der Waals surface area contributed by atoms with Crippen molar-refractivity contribution in [1.29, 1.82) is 0 Å². The van der Waals surface area contributed by atoms with Crippen LogP contribution in [0.3, 0.4) is 0 Å². The first-order valence-corrected chi connectivity index (χ1v) is 4.25. The van der Waals surface area contributed by atoms with Crippen LogP contribution in [-0.4, -0.2) is 39.0 Å². The molecular formula is C8H16O4. The van der Waals surface area contributed by atoms with Crippen LogP contribution in [0.2, 0.25) is 0 Å². The lowest BCUT2D eigenvalue weighted by atomic mass is 10.8. The highest BCUT2D eigenvalue weighted by atomic mass is 16.7. The van der Waals surface area contributed by atoms with Gasteiger partial charge in [0.1, 0.15) is 0 Å². The van der Waals surface area contributed by atoms with E-state index in [0.29, 0.717) is 0 Å². The molecule has 0 aromatic heterocycles. The van der Waals surface area contributed by atoms with Gasteiger partial charge < -0.3 is 18.9 Å². The Hall–Kier alpha value is -0.160. The maximum Gasteiger partial charge on any atom is 0.155 e. The summed E-state index contributed by atoms with van der Waals surface area (Å²) in [4.78, 5) is 0. The monoisotopic (exact) mass is 176 g/mol. The summed E-state index contributed by atoms with van der Waals surface area (Å²) in [6.45, 7) is 6.85. The summed E-state index contributed by atoms with van der Waals surface area (Å²) >= 11 is 0. The first kappa shape index (κ1) is 9.92. The number of rotatable bonds is 0.